The number of carbonyl (C=O) groups is 1. The summed E-state index contributed by atoms with van der Waals surface area (Å²) in [6, 6.07) is 7.18. The van der Waals surface area contributed by atoms with Crippen molar-refractivity contribution in [1.29, 1.82) is 0 Å². The van der Waals surface area contributed by atoms with Gasteiger partial charge in [-0.15, -0.1) is 5.10 Å². The summed E-state index contributed by atoms with van der Waals surface area (Å²) >= 11 is 0. The van der Waals surface area contributed by atoms with Crippen LogP contribution in [-0.4, -0.2) is 45.8 Å². The molecule has 3 rings (SSSR count). The van der Waals surface area contributed by atoms with Crippen LogP contribution in [0.2, 0.25) is 0 Å². The van der Waals surface area contributed by atoms with E-state index in [4.69, 9.17) is 4.74 Å². The highest BCUT2D eigenvalue weighted by Gasteiger charge is 2.25. The van der Waals surface area contributed by atoms with Gasteiger partial charge in [-0.25, -0.2) is 4.79 Å². The number of nitrogens with one attached hydrogen (secondary N) is 1. The number of methoxy groups -OCH3 is 1. The van der Waals surface area contributed by atoms with Gasteiger partial charge in [-0.2, -0.15) is 4.68 Å². The third kappa shape index (κ3) is 3.13. The molecule has 122 valence electrons. The lowest BCUT2D eigenvalue weighted by Crippen LogP contribution is -2.36. The molecular weight excluding hydrogens is 296 g/mol. The van der Waals surface area contributed by atoms with E-state index in [2.05, 4.69) is 10.1 Å². The molecule has 1 aromatic heterocycles. The standard InChI is InChI=1S/C16H20N4O3/c1-11(21)19-9-7-12(8-10-19)15-17-16(22)20(18-15)13-3-5-14(23-2)6-4-13/h3-6,12H,7-10H2,1-2H3,(H,17,18,22). The predicted octanol–water partition coefficient (Wildman–Crippen LogP) is 1.30. The van der Waals surface area contributed by atoms with Crippen molar-refractivity contribution < 1.29 is 9.53 Å². The van der Waals surface area contributed by atoms with E-state index >= 15 is 0 Å². The summed E-state index contributed by atoms with van der Waals surface area (Å²) in [6.07, 6.45) is 1.63. The van der Waals surface area contributed by atoms with Crippen molar-refractivity contribution in [2.45, 2.75) is 25.7 Å². The number of aromatic nitrogens is 3. The molecule has 0 saturated carbocycles. The minimum absolute atomic E-state index is 0.0979. The first-order valence-corrected chi connectivity index (χ1v) is 7.67. The SMILES string of the molecule is COc1ccc(-n2nc(C3CCN(C(C)=O)CC3)[nH]c2=O)cc1. The number of likely N-dealkylation sites (tertiary alicyclic amines) is 1. The first-order valence-electron chi connectivity index (χ1n) is 7.67. The van der Waals surface area contributed by atoms with Crippen LogP contribution >= 0.6 is 0 Å². The van der Waals surface area contributed by atoms with Crippen molar-refractivity contribution in [3.63, 3.8) is 0 Å². The number of piperidine rings is 1. The van der Waals surface area contributed by atoms with E-state index in [-0.39, 0.29) is 17.5 Å². The highest BCUT2D eigenvalue weighted by molar-refractivity contribution is 5.73. The number of benzene rings is 1. The molecule has 1 aliphatic heterocycles. The number of nitrogens with zero attached hydrogens (tertiary/aromatic N) is 3. The normalized spacial score (nSPS) is 15.7. The zero-order valence-corrected chi connectivity index (χ0v) is 13.3. The molecule has 1 amide bonds. The van der Waals surface area contributed by atoms with Gasteiger partial charge in [-0.1, -0.05) is 0 Å². The maximum Gasteiger partial charge on any atom is 0.348 e. The smallest absolute Gasteiger partial charge is 0.348 e. The average Bonchev–Trinajstić information content (AvgIpc) is 2.97. The number of ether oxygens (including phenoxy) is 1. The van der Waals surface area contributed by atoms with Crippen LogP contribution in [0.1, 0.15) is 31.5 Å². The molecule has 7 nitrogen and oxygen atoms in total. The number of hydrogen-bond donors (Lipinski definition) is 1. The van der Waals surface area contributed by atoms with Gasteiger partial charge in [-0.05, 0) is 37.1 Å². The highest BCUT2D eigenvalue weighted by atomic mass is 16.5. The third-order valence-electron chi connectivity index (χ3n) is 4.28. The first kappa shape index (κ1) is 15.3. The summed E-state index contributed by atoms with van der Waals surface area (Å²) in [6.45, 7) is 3.00. The monoisotopic (exact) mass is 316 g/mol. The van der Waals surface area contributed by atoms with Gasteiger partial charge in [-0.3, -0.25) is 9.78 Å². The summed E-state index contributed by atoms with van der Waals surface area (Å²) in [5.41, 5.74) is 0.443. The summed E-state index contributed by atoms with van der Waals surface area (Å²) in [7, 11) is 1.60. The van der Waals surface area contributed by atoms with Gasteiger partial charge in [0.15, 0.2) is 0 Å². The predicted molar refractivity (Wildman–Crippen MR) is 85.0 cm³/mol. The number of hydrogen-bond acceptors (Lipinski definition) is 4. The van der Waals surface area contributed by atoms with Crippen molar-refractivity contribution >= 4 is 5.91 Å². The molecule has 7 heteroatoms. The van der Waals surface area contributed by atoms with E-state index in [1.54, 1.807) is 38.3 Å². The van der Waals surface area contributed by atoms with E-state index in [1.165, 1.54) is 4.68 Å². The number of carbonyl (C=O) groups excluding carboxylic acids is 1. The number of amides is 1. The molecule has 0 radical (unpaired) electrons. The zero-order chi connectivity index (χ0) is 16.4. The molecular formula is C16H20N4O3. The Morgan fingerprint density at radius 2 is 1.91 bits per heavy atom. The lowest BCUT2D eigenvalue weighted by atomic mass is 9.96. The van der Waals surface area contributed by atoms with Crippen molar-refractivity contribution in [3.8, 4) is 11.4 Å². The van der Waals surface area contributed by atoms with Crippen LogP contribution in [0.4, 0.5) is 0 Å². The maximum absolute atomic E-state index is 12.2. The average molecular weight is 316 g/mol. The fourth-order valence-electron chi connectivity index (χ4n) is 2.89. The van der Waals surface area contributed by atoms with Gasteiger partial charge in [0.05, 0.1) is 12.8 Å². The van der Waals surface area contributed by atoms with Gasteiger partial charge < -0.3 is 9.64 Å². The van der Waals surface area contributed by atoms with Crippen LogP contribution in [0.3, 0.4) is 0 Å². The van der Waals surface area contributed by atoms with E-state index in [0.717, 1.165) is 18.6 Å². The Bertz CT molecular complexity index is 739. The van der Waals surface area contributed by atoms with Crippen molar-refractivity contribution in [3.05, 3.63) is 40.6 Å². The molecule has 1 fully saturated rings. The topological polar surface area (TPSA) is 80.2 Å². The molecule has 0 unspecified atom stereocenters. The minimum atomic E-state index is -0.251. The molecule has 1 aromatic carbocycles. The van der Waals surface area contributed by atoms with Gasteiger partial charge in [0.2, 0.25) is 5.91 Å². The maximum atomic E-state index is 12.2. The lowest BCUT2D eigenvalue weighted by molar-refractivity contribution is -0.129. The van der Waals surface area contributed by atoms with Gasteiger partial charge in [0.25, 0.3) is 0 Å². The second-order valence-corrected chi connectivity index (χ2v) is 5.71. The Balaban J connectivity index is 1.78. The van der Waals surface area contributed by atoms with Crippen LogP contribution in [0.15, 0.2) is 29.1 Å². The van der Waals surface area contributed by atoms with E-state index in [1.807, 2.05) is 4.90 Å². The summed E-state index contributed by atoms with van der Waals surface area (Å²) < 4.78 is 6.48. The fraction of sp³-hybridized carbons (Fsp3) is 0.438. The van der Waals surface area contributed by atoms with E-state index in [0.29, 0.717) is 24.6 Å². The second-order valence-electron chi connectivity index (χ2n) is 5.71. The molecule has 2 aromatic rings. The van der Waals surface area contributed by atoms with E-state index in [9.17, 15) is 9.59 Å². The van der Waals surface area contributed by atoms with Crippen LogP contribution in [-0.2, 0) is 4.79 Å². The van der Waals surface area contributed by atoms with Crippen molar-refractivity contribution in [2.75, 3.05) is 20.2 Å². The number of aromatic amines is 1. The fourth-order valence-corrected chi connectivity index (χ4v) is 2.89. The Labute approximate surface area is 133 Å². The largest absolute Gasteiger partial charge is 0.497 e. The summed E-state index contributed by atoms with van der Waals surface area (Å²) in [5.74, 6) is 1.70. The van der Waals surface area contributed by atoms with Crippen LogP contribution in [0.5, 0.6) is 5.75 Å². The molecule has 0 aliphatic carbocycles. The van der Waals surface area contributed by atoms with Crippen molar-refractivity contribution in [2.24, 2.45) is 0 Å². The van der Waals surface area contributed by atoms with Crippen molar-refractivity contribution in [1.82, 2.24) is 19.7 Å². The van der Waals surface area contributed by atoms with Gasteiger partial charge in [0.1, 0.15) is 11.6 Å². The van der Waals surface area contributed by atoms with Gasteiger partial charge >= 0.3 is 5.69 Å². The second kappa shape index (κ2) is 6.28. The Kier molecular flexibility index (Phi) is 4.18. The Morgan fingerprint density at radius 3 is 2.48 bits per heavy atom. The Hall–Kier alpha value is -2.57. The molecule has 2 heterocycles. The molecule has 0 spiro atoms. The summed E-state index contributed by atoms with van der Waals surface area (Å²) in [4.78, 5) is 28.2. The van der Waals surface area contributed by atoms with Crippen LogP contribution < -0.4 is 10.4 Å². The molecule has 0 atom stereocenters. The zero-order valence-electron chi connectivity index (χ0n) is 13.3. The molecule has 1 saturated heterocycles. The number of H-pyrrole nitrogens is 1. The van der Waals surface area contributed by atoms with E-state index < -0.39 is 0 Å². The highest BCUT2D eigenvalue weighted by Crippen LogP contribution is 2.25. The first-order chi connectivity index (χ1) is 11.1. The van der Waals surface area contributed by atoms with Gasteiger partial charge in [0, 0.05) is 25.9 Å². The third-order valence-corrected chi connectivity index (χ3v) is 4.28. The summed E-state index contributed by atoms with van der Waals surface area (Å²) in [5, 5.41) is 4.43. The quantitative estimate of drug-likeness (QED) is 0.925. The lowest BCUT2D eigenvalue weighted by Gasteiger charge is -2.29. The van der Waals surface area contributed by atoms with Crippen LogP contribution in [0, 0.1) is 0 Å². The minimum Gasteiger partial charge on any atom is -0.497 e. The molecule has 0 bridgehead atoms. The number of rotatable bonds is 3. The Morgan fingerprint density at radius 1 is 1.26 bits per heavy atom. The molecule has 23 heavy (non-hydrogen) atoms. The molecule has 1 aliphatic rings. The molecule has 1 N–H and O–H groups in total. The van der Waals surface area contributed by atoms with Crippen LogP contribution in [0.25, 0.3) is 5.69 Å².